The van der Waals surface area contributed by atoms with Gasteiger partial charge in [0.15, 0.2) is 0 Å². The molecule has 0 aromatic rings. The van der Waals surface area contributed by atoms with E-state index < -0.39 is 0 Å². The Morgan fingerprint density at radius 1 is 1.67 bits per heavy atom. The topological polar surface area (TPSA) is 6.48 Å². The van der Waals surface area contributed by atoms with Gasteiger partial charge in [-0.05, 0) is 27.1 Å². The van der Waals surface area contributed by atoms with Crippen molar-refractivity contribution in [3.63, 3.8) is 0 Å². The maximum absolute atomic E-state index is 2.37. The summed E-state index contributed by atoms with van der Waals surface area (Å²) in [6, 6.07) is 0.788. The van der Waals surface area contributed by atoms with E-state index in [4.69, 9.17) is 0 Å². The highest BCUT2D eigenvalue weighted by molar-refractivity contribution is 14.1. The summed E-state index contributed by atoms with van der Waals surface area (Å²) < 4.78 is 2.28. The average molecular weight is 240 g/mol. The van der Waals surface area contributed by atoms with E-state index in [0.29, 0.717) is 0 Å². The van der Waals surface area contributed by atoms with Crippen molar-refractivity contribution in [2.45, 2.75) is 12.5 Å². The van der Waals surface area contributed by atoms with Crippen molar-refractivity contribution < 1.29 is 0 Å². The van der Waals surface area contributed by atoms with Crippen LogP contribution in [0.5, 0.6) is 0 Å². The molecule has 1 rings (SSSR count). The first-order chi connectivity index (χ1) is 4.20. The predicted molar refractivity (Wildman–Crippen MR) is 47.7 cm³/mol. The van der Waals surface area contributed by atoms with Crippen molar-refractivity contribution in [3.05, 3.63) is 0 Å². The smallest absolute Gasteiger partial charge is 0.0330 e. The molecule has 1 saturated heterocycles. The monoisotopic (exact) mass is 240 g/mol. The van der Waals surface area contributed by atoms with E-state index in [0.717, 1.165) is 6.04 Å². The van der Waals surface area contributed by atoms with Crippen LogP contribution in [0.25, 0.3) is 0 Å². The van der Waals surface area contributed by atoms with Crippen molar-refractivity contribution >= 4 is 22.9 Å². The fraction of sp³-hybridized carbons (Fsp3) is 1.00. The summed E-state index contributed by atoms with van der Waals surface area (Å²) in [7, 11) is 4.32. The van der Waals surface area contributed by atoms with E-state index in [9.17, 15) is 0 Å². The Balaban J connectivity index is 2.30. The van der Waals surface area contributed by atoms with Crippen molar-refractivity contribution in [1.82, 2.24) is 8.01 Å². The lowest BCUT2D eigenvalue weighted by Gasteiger charge is -2.15. The molecule has 3 heteroatoms. The maximum atomic E-state index is 2.37. The summed E-state index contributed by atoms with van der Waals surface area (Å²) >= 11 is 2.36. The van der Waals surface area contributed by atoms with Gasteiger partial charge in [-0.15, -0.1) is 0 Å². The minimum absolute atomic E-state index is 0.788. The molecule has 1 aliphatic rings. The molecule has 0 N–H and O–H groups in total. The van der Waals surface area contributed by atoms with Crippen LogP contribution in [0.15, 0.2) is 0 Å². The molecule has 2 nitrogen and oxygen atoms in total. The number of halogens is 1. The third-order valence-electron chi connectivity index (χ3n) is 1.87. The zero-order valence-corrected chi connectivity index (χ0v) is 8.13. The Morgan fingerprint density at radius 2 is 2.33 bits per heavy atom. The Kier molecular flexibility index (Phi) is 2.73. The van der Waals surface area contributed by atoms with Gasteiger partial charge in [0.1, 0.15) is 0 Å². The molecule has 0 spiro atoms. The van der Waals surface area contributed by atoms with Gasteiger partial charge in [-0.1, -0.05) is 0 Å². The summed E-state index contributed by atoms with van der Waals surface area (Å²) in [4.78, 5) is 2.37. The lowest BCUT2D eigenvalue weighted by atomic mass is 10.3. The quantitative estimate of drug-likeness (QED) is 0.497. The second-order valence-corrected chi connectivity index (χ2v) is 4.25. The van der Waals surface area contributed by atoms with Crippen LogP contribution in [0.1, 0.15) is 6.42 Å². The highest BCUT2D eigenvalue weighted by atomic mass is 127. The minimum Gasteiger partial charge on any atom is -0.305 e. The van der Waals surface area contributed by atoms with E-state index >= 15 is 0 Å². The molecular formula is C6H13IN2. The summed E-state index contributed by atoms with van der Waals surface area (Å²) in [5.41, 5.74) is 0. The third kappa shape index (κ3) is 2.05. The Labute approximate surface area is 70.7 Å². The lowest BCUT2D eigenvalue weighted by Crippen LogP contribution is -2.25. The fourth-order valence-corrected chi connectivity index (χ4v) is 1.66. The first-order valence-corrected chi connectivity index (χ1v) is 4.24. The van der Waals surface area contributed by atoms with Crippen molar-refractivity contribution in [2.75, 3.05) is 27.2 Å². The van der Waals surface area contributed by atoms with Crippen molar-refractivity contribution in [2.24, 2.45) is 0 Å². The first-order valence-electron chi connectivity index (χ1n) is 3.27. The van der Waals surface area contributed by atoms with Crippen LogP contribution in [0.3, 0.4) is 0 Å². The number of nitrogens with zero attached hydrogens (tertiary/aromatic N) is 2. The van der Waals surface area contributed by atoms with E-state index in [1.54, 1.807) is 0 Å². The second kappa shape index (κ2) is 3.16. The fourth-order valence-electron chi connectivity index (χ4n) is 1.20. The number of likely N-dealkylation sites (tertiary alicyclic amines) is 1. The molecule has 9 heavy (non-hydrogen) atoms. The maximum Gasteiger partial charge on any atom is 0.0330 e. The molecule has 1 aliphatic heterocycles. The van der Waals surface area contributed by atoms with Gasteiger partial charge in [0, 0.05) is 35.5 Å². The predicted octanol–water partition coefficient (Wildman–Crippen LogP) is 0.972. The molecule has 0 aromatic carbocycles. The first kappa shape index (κ1) is 7.75. The van der Waals surface area contributed by atoms with E-state index in [2.05, 4.69) is 45.0 Å². The van der Waals surface area contributed by atoms with Gasteiger partial charge < -0.3 is 4.90 Å². The van der Waals surface area contributed by atoms with Gasteiger partial charge >= 0.3 is 0 Å². The minimum atomic E-state index is 0.788. The molecule has 0 aliphatic carbocycles. The lowest BCUT2D eigenvalue weighted by molar-refractivity contribution is 0.377. The van der Waals surface area contributed by atoms with Crippen molar-refractivity contribution in [1.29, 1.82) is 0 Å². The molecule has 0 saturated carbocycles. The molecule has 1 fully saturated rings. The molecule has 0 aromatic heterocycles. The van der Waals surface area contributed by atoms with E-state index in [-0.39, 0.29) is 0 Å². The van der Waals surface area contributed by atoms with Crippen LogP contribution in [0.2, 0.25) is 0 Å². The van der Waals surface area contributed by atoms with Gasteiger partial charge in [0.05, 0.1) is 0 Å². The van der Waals surface area contributed by atoms with Crippen LogP contribution < -0.4 is 0 Å². The highest BCUT2D eigenvalue weighted by Gasteiger charge is 2.21. The molecule has 54 valence electrons. The summed E-state index contributed by atoms with van der Waals surface area (Å²) in [6.07, 6.45) is 1.33. The van der Waals surface area contributed by atoms with Gasteiger partial charge in [-0.3, -0.25) is 0 Å². The summed E-state index contributed by atoms with van der Waals surface area (Å²) in [5, 5.41) is 0. The second-order valence-electron chi connectivity index (χ2n) is 2.73. The zero-order valence-electron chi connectivity index (χ0n) is 5.97. The van der Waals surface area contributed by atoms with Crippen LogP contribution in [0.4, 0.5) is 0 Å². The molecule has 1 atom stereocenters. The van der Waals surface area contributed by atoms with Gasteiger partial charge in [0.2, 0.25) is 0 Å². The van der Waals surface area contributed by atoms with Crippen LogP contribution in [-0.2, 0) is 0 Å². The molecule has 0 bridgehead atoms. The molecule has 1 heterocycles. The van der Waals surface area contributed by atoms with Crippen LogP contribution >= 0.6 is 22.9 Å². The Bertz CT molecular complexity index is 95.1. The van der Waals surface area contributed by atoms with Gasteiger partial charge in [-0.2, -0.15) is 0 Å². The molecule has 0 radical (unpaired) electrons. The van der Waals surface area contributed by atoms with Crippen LogP contribution in [0, 0.1) is 0 Å². The largest absolute Gasteiger partial charge is 0.305 e. The van der Waals surface area contributed by atoms with E-state index in [1.165, 1.54) is 19.5 Å². The Hall–Kier alpha value is 0.650. The molecule has 0 amide bonds. The normalized spacial score (nSPS) is 30.0. The number of hydrogen-bond donors (Lipinski definition) is 0. The van der Waals surface area contributed by atoms with E-state index in [1.807, 2.05) is 0 Å². The highest BCUT2D eigenvalue weighted by Crippen LogP contribution is 2.14. The van der Waals surface area contributed by atoms with Crippen LogP contribution in [-0.4, -0.2) is 41.2 Å². The summed E-state index contributed by atoms with van der Waals surface area (Å²) in [5.74, 6) is 0. The molecular weight excluding hydrogens is 227 g/mol. The summed E-state index contributed by atoms with van der Waals surface area (Å²) in [6.45, 7) is 2.50. The van der Waals surface area contributed by atoms with Gasteiger partial charge in [0.25, 0.3) is 0 Å². The number of hydrogen-bond acceptors (Lipinski definition) is 2. The zero-order chi connectivity index (χ0) is 6.85. The van der Waals surface area contributed by atoms with Crippen molar-refractivity contribution in [3.8, 4) is 0 Å². The number of rotatable bonds is 1. The standard InChI is InChI=1S/C6H13IN2/c1-8-4-3-6(5-8)9(2)7/h6H,3-5H2,1-2H3/t6-/m1/s1. The van der Waals surface area contributed by atoms with Gasteiger partial charge in [-0.25, -0.2) is 3.11 Å². The Morgan fingerprint density at radius 3 is 2.56 bits per heavy atom. The number of likely N-dealkylation sites (N-methyl/N-ethyl adjacent to an activating group) is 2. The average Bonchev–Trinajstić information content (AvgIpc) is 2.14. The molecule has 0 unspecified atom stereocenters. The third-order valence-corrected chi connectivity index (χ3v) is 2.66. The SMILES string of the molecule is CN1CC[C@@H](N(C)I)C1.